The Hall–Kier alpha value is -0.870. The molecule has 19 heavy (non-hydrogen) atoms. The highest BCUT2D eigenvalue weighted by atomic mass is 79.9. The average molecular weight is 323 g/mol. The van der Waals surface area contributed by atoms with Gasteiger partial charge in [-0.3, -0.25) is 9.69 Å². The van der Waals surface area contributed by atoms with Gasteiger partial charge in [0.2, 0.25) is 0 Å². The first kappa shape index (κ1) is 13.1. The summed E-state index contributed by atoms with van der Waals surface area (Å²) in [6.45, 7) is 4.34. The van der Waals surface area contributed by atoms with Crippen LogP contribution in [0.1, 0.15) is 35.2 Å². The zero-order valence-corrected chi connectivity index (χ0v) is 12.7. The molecule has 4 heteroatoms. The predicted octanol–water partition coefficient (Wildman–Crippen LogP) is 2.72. The van der Waals surface area contributed by atoms with Gasteiger partial charge < -0.3 is 5.32 Å². The smallest absolute Gasteiger partial charge is 0.251 e. The first-order valence-corrected chi connectivity index (χ1v) is 7.75. The van der Waals surface area contributed by atoms with Crippen LogP contribution in [0, 0.1) is 6.92 Å². The van der Waals surface area contributed by atoms with Gasteiger partial charge in [-0.2, -0.15) is 0 Å². The van der Waals surface area contributed by atoms with E-state index < -0.39 is 0 Å². The maximum absolute atomic E-state index is 12.3. The predicted molar refractivity (Wildman–Crippen MR) is 79.3 cm³/mol. The van der Waals surface area contributed by atoms with Gasteiger partial charge in [0.1, 0.15) is 0 Å². The fourth-order valence-electron chi connectivity index (χ4n) is 3.37. The summed E-state index contributed by atoms with van der Waals surface area (Å²) in [6, 6.07) is 6.75. The van der Waals surface area contributed by atoms with Crippen molar-refractivity contribution in [1.29, 1.82) is 0 Å². The largest absolute Gasteiger partial charge is 0.348 e. The molecule has 1 N–H and O–H groups in total. The van der Waals surface area contributed by atoms with Crippen molar-refractivity contribution < 1.29 is 4.79 Å². The molecule has 0 saturated carbocycles. The molecular formula is C15H19BrN2O. The van der Waals surface area contributed by atoms with Crippen LogP contribution in [0.5, 0.6) is 0 Å². The lowest BCUT2D eigenvalue weighted by atomic mass is 10.1. The molecule has 0 aromatic heterocycles. The molecule has 1 aromatic carbocycles. The van der Waals surface area contributed by atoms with Crippen molar-refractivity contribution >= 4 is 21.8 Å². The van der Waals surface area contributed by atoms with Gasteiger partial charge in [0, 0.05) is 28.7 Å². The van der Waals surface area contributed by atoms with Crippen LogP contribution in [0.3, 0.4) is 0 Å². The van der Waals surface area contributed by atoms with Crippen LogP contribution >= 0.6 is 15.9 Å². The number of carbonyl (C=O) groups is 1. The Kier molecular flexibility index (Phi) is 3.63. The number of amides is 1. The van der Waals surface area contributed by atoms with Gasteiger partial charge in [0.05, 0.1) is 0 Å². The molecule has 0 spiro atoms. The maximum atomic E-state index is 12.3. The molecule has 0 radical (unpaired) electrons. The molecular weight excluding hydrogens is 304 g/mol. The minimum absolute atomic E-state index is 0.0585. The zero-order chi connectivity index (χ0) is 13.4. The number of hydrogen-bond acceptors (Lipinski definition) is 2. The van der Waals surface area contributed by atoms with Crippen molar-refractivity contribution in [2.24, 2.45) is 0 Å². The van der Waals surface area contributed by atoms with Crippen LogP contribution in [0.2, 0.25) is 0 Å². The van der Waals surface area contributed by atoms with Crippen LogP contribution in [0.25, 0.3) is 0 Å². The number of benzene rings is 1. The Balaban J connectivity index is 1.71. The average Bonchev–Trinajstić information content (AvgIpc) is 2.92. The van der Waals surface area contributed by atoms with E-state index >= 15 is 0 Å². The molecule has 102 valence electrons. The topological polar surface area (TPSA) is 32.3 Å². The Bertz CT molecular complexity index is 483. The third-order valence-corrected chi connectivity index (χ3v) is 4.68. The fraction of sp³-hybridized carbons (Fsp3) is 0.533. The molecule has 2 heterocycles. The van der Waals surface area contributed by atoms with Gasteiger partial charge in [0.25, 0.3) is 5.91 Å². The molecule has 2 aliphatic rings. The lowest BCUT2D eigenvalue weighted by molar-refractivity contribution is 0.0929. The van der Waals surface area contributed by atoms with E-state index in [2.05, 4.69) is 26.1 Å². The Morgan fingerprint density at radius 2 is 2.16 bits per heavy atom. The van der Waals surface area contributed by atoms with E-state index in [4.69, 9.17) is 0 Å². The quantitative estimate of drug-likeness (QED) is 0.908. The summed E-state index contributed by atoms with van der Waals surface area (Å²) in [5.74, 6) is 0.0585. The summed E-state index contributed by atoms with van der Waals surface area (Å²) >= 11 is 3.45. The summed E-state index contributed by atoms with van der Waals surface area (Å²) in [5.41, 5.74) is 1.86. The van der Waals surface area contributed by atoms with Crippen LogP contribution < -0.4 is 5.32 Å². The highest BCUT2D eigenvalue weighted by Crippen LogP contribution is 2.28. The van der Waals surface area contributed by atoms with Crippen molar-refractivity contribution in [3.8, 4) is 0 Å². The minimum Gasteiger partial charge on any atom is -0.348 e. The van der Waals surface area contributed by atoms with E-state index in [1.807, 2.05) is 25.1 Å². The van der Waals surface area contributed by atoms with Crippen molar-refractivity contribution in [3.05, 3.63) is 33.8 Å². The Morgan fingerprint density at radius 1 is 1.32 bits per heavy atom. The van der Waals surface area contributed by atoms with Crippen LogP contribution in [-0.4, -0.2) is 36.0 Å². The molecule has 1 aromatic rings. The van der Waals surface area contributed by atoms with Crippen molar-refractivity contribution in [2.45, 2.75) is 38.3 Å². The summed E-state index contributed by atoms with van der Waals surface area (Å²) < 4.78 is 0.964. The Morgan fingerprint density at radius 3 is 2.95 bits per heavy atom. The molecule has 0 aliphatic carbocycles. The summed E-state index contributed by atoms with van der Waals surface area (Å²) in [7, 11) is 0. The van der Waals surface area contributed by atoms with Gasteiger partial charge in [-0.05, 0) is 56.5 Å². The van der Waals surface area contributed by atoms with E-state index in [0.717, 1.165) is 28.6 Å². The standard InChI is InChI=1S/C15H19BrN2O/c1-10-7-11(9-12(16)8-10)15(19)17-13-4-6-18-5-2-3-14(13)18/h7-9,13-14H,2-6H2,1H3,(H,17,19). The first-order valence-electron chi connectivity index (χ1n) is 6.95. The normalized spacial score (nSPS) is 26.4. The van der Waals surface area contributed by atoms with Gasteiger partial charge >= 0.3 is 0 Å². The molecule has 2 unspecified atom stereocenters. The second kappa shape index (κ2) is 5.25. The van der Waals surface area contributed by atoms with Crippen molar-refractivity contribution in [2.75, 3.05) is 13.1 Å². The summed E-state index contributed by atoms with van der Waals surface area (Å²) in [4.78, 5) is 14.9. The van der Waals surface area contributed by atoms with E-state index in [1.54, 1.807) is 0 Å². The number of nitrogens with zero attached hydrogens (tertiary/aromatic N) is 1. The highest BCUT2D eigenvalue weighted by molar-refractivity contribution is 9.10. The Labute approximate surface area is 122 Å². The molecule has 3 nitrogen and oxygen atoms in total. The SMILES string of the molecule is Cc1cc(Br)cc(C(=O)NC2CCN3CCCC23)c1. The van der Waals surface area contributed by atoms with Gasteiger partial charge in [-0.15, -0.1) is 0 Å². The molecule has 2 saturated heterocycles. The zero-order valence-electron chi connectivity index (χ0n) is 11.2. The fourth-order valence-corrected chi connectivity index (χ4v) is 3.98. The van der Waals surface area contributed by atoms with E-state index in [0.29, 0.717) is 12.1 Å². The van der Waals surface area contributed by atoms with Gasteiger partial charge in [0.15, 0.2) is 0 Å². The van der Waals surface area contributed by atoms with Crippen LogP contribution in [0.15, 0.2) is 22.7 Å². The third-order valence-electron chi connectivity index (χ3n) is 4.23. The number of rotatable bonds is 2. The second-order valence-electron chi connectivity index (χ2n) is 5.63. The van der Waals surface area contributed by atoms with Crippen molar-refractivity contribution in [3.63, 3.8) is 0 Å². The summed E-state index contributed by atoms with van der Waals surface area (Å²) in [6.07, 6.45) is 3.58. The third kappa shape index (κ3) is 2.70. The number of aryl methyl sites for hydroxylation is 1. The lowest BCUT2D eigenvalue weighted by Gasteiger charge is -2.21. The number of hydrogen-bond donors (Lipinski definition) is 1. The van der Waals surface area contributed by atoms with Gasteiger partial charge in [-0.25, -0.2) is 0 Å². The first-order chi connectivity index (χ1) is 9.13. The second-order valence-corrected chi connectivity index (χ2v) is 6.55. The van der Waals surface area contributed by atoms with Gasteiger partial charge in [-0.1, -0.05) is 15.9 Å². The number of halogens is 1. The van der Waals surface area contributed by atoms with Crippen molar-refractivity contribution in [1.82, 2.24) is 10.2 Å². The van der Waals surface area contributed by atoms with Crippen LogP contribution in [-0.2, 0) is 0 Å². The summed E-state index contributed by atoms with van der Waals surface area (Å²) in [5, 5.41) is 3.22. The molecule has 2 aliphatic heterocycles. The van der Waals surface area contributed by atoms with E-state index in [-0.39, 0.29) is 5.91 Å². The molecule has 2 fully saturated rings. The number of carbonyl (C=O) groups excluding carboxylic acids is 1. The monoisotopic (exact) mass is 322 g/mol. The molecule has 1 amide bonds. The molecule has 2 atom stereocenters. The van der Waals surface area contributed by atoms with Crippen LogP contribution in [0.4, 0.5) is 0 Å². The number of nitrogens with one attached hydrogen (secondary N) is 1. The molecule has 3 rings (SSSR count). The number of fused-ring (bicyclic) bond motifs is 1. The van der Waals surface area contributed by atoms with E-state index in [1.165, 1.54) is 19.4 Å². The lowest BCUT2D eigenvalue weighted by Crippen LogP contribution is -2.42. The molecule has 0 bridgehead atoms. The van der Waals surface area contributed by atoms with E-state index in [9.17, 15) is 4.79 Å². The maximum Gasteiger partial charge on any atom is 0.251 e. The minimum atomic E-state index is 0.0585. The highest BCUT2D eigenvalue weighted by Gasteiger charge is 2.37.